The van der Waals surface area contributed by atoms with Crippen molar-refractivity contribution in [3.05, 3.63) is 63.1 Å². The lowest BCUT2D eigenvalue weighted by molar-refractivity contribution is 0.576. The molecule has 1 unspecified atom stereocenters. The largest absolute Gasteiger partial charge is 0.376 e. The molecule has 1 atom stereocenters. The highest BCUT2D eigenvalue weighted by Gasteiger charge is 2.14. The number of hydrogen-bond donors (Lipinski definition) is 1. The molecule has 1 N–H and O–H groups in total. The fraction of sp³-hybridized carbons (Fsp3) is 0.250. The number of hydrogen-bond acceptors (Lipinski definition) is 1. The Morgan fingerprint density at radius 3 is 2.43 bits per heavy atom. The molecule has 2 aromatic carbocycles. The molecule has 0 radical (unpaired) electrons. The van der Waals surface area contributed by atoms with Gasteiger partial charge in [0.25, 0.3) is 0 Å². The summed E-state index contributed by atoms with van der Waals surface area (Å²) >= 11 is 8.96. The van der Waals surface area contributed by atoms with Crippen molar-refractivity contribution in [1.29, 1.82) is 0 Å². The van der Waals surface area contributed by atoms with Crippen molar-refractivity contribution in [3.63, 3.8) is 0 Å². The van der Waals surface area contributed by atoms with Crippen molar-refractivity contribution in [2.75, 3.05) is 5.32 Å². The zero-order valence-electron chi connectivity index (χ0n) is 11.5. The Balaban J connectivity index is 2.28. The first-order valence-electron chi connectivity index (χ1n) is 6.67. The lowest BCUT2D eigenvalue weighted by Gasteiger charge is -2.20. The number of benzene rings is 2. The summed E-state index contributed by atoms with van der Waals surface area (Å²) in [5, 5.41) is 3.79. The van der Waals surface area contributed by atoms with Crippen LogP contribution in [-0.4, -0.2) is 0 Å². The van der Waals surface area contributed by atoms with Crippen LogP contribution in [0.2, 0.25) is 5.02 Å². The lowest BCUT2D eigenvalue weighted by Crippen LogP contribution is -2.12. The van der Waals surface area contributed by atoms with Gasteiger partial charge in [-0.05, 0) is 46.1 Å². The Kier molecular flexibility index (Phi) is 5.59. The normalized spacial score (nSPS) is 12.2. The van der Waals surface area contributed by atoms with Crippen LogP contribution in [0.15, 0.2) is 40.9 Å². The molecule has 0 saturated heterocycles. The topological polar surface area (TPSA) is 12.0 Å². The second kappa shape index (κ2) is 7.23. The van der Waals surface area contributed by atoms with Crippen LogP contribution in [0.4, 0.5) is 14.5 Å². The smallest absolute Gasteiger partial charge is 0.149 e. The molecule has 0 amide bonds. The minimum atomic E-state index is -0.614. The highest BCUT2D eigenvalue weighted by atomic mass is 79.9. The molecule has 0 fully saturated rings. The lowest BCUT2D eigenvalue weighted by atomic mass is 10.0. The van der Waals surface area contributed by atoms with Gasteiger partial charge < -0.3 is 5.32 Å². The molecule has 0 aromatic heterocycles. The van der Waals surface area contributed by atoms with Crippen molar-refractivity contribution in [2.45, 2.75) is 25.8 Å². The molecule has 0 heterocycles. The van der Waals surface area contributed by atoms with Crippen LogP contribution in [0.25, 0.3) is 0 Å². The van der Waals surface area contributed by atoms with Gasteiger partial charge >= 0.3 is 0 Å². The first kappa shape index (κ1) is 16.2. The van der Waals surface area contributed by atoms with Gasteiger partial charge in [0.2, 0.25) is 0 Å². The molecule has 0 spiro atoms. The maximum absolute atomic E-state index is 13.9. The molecule has 21 heavy (non-hydrogen) atoms. The van der Waals surface area contributed by atoms with Gasteiger partial charge in [0.05, 0.1) is 16.2 Å². The zero-order chi connectivity index (χ0) is 15.4. The number of nitrogens with one attached hydrogen (secondary N) is 1. The Bertz CT molecular complexity index is 616. The minimum absolute atomic E-state index is 0.0564. The number of rotatable bonds is 5. The van der Waals surface area contributed by atoms with E-state index in [0.29, 0.717) is 5.02 Å². The molecule has 0 aliphatic rings. The Hall–Kier alpha value is -1.13. The fourth-order valence-electron chi connectivity index (χ4n) is 2.13. The average molecular weight is 375 g/mol. The quantitative estimate of drug-likeness (QED) is 0.603. The van der Waals surface area contributed by atoms with Crippen LogP contribution in [0.5, 0.6) is 0 Å². The average Bonchev–Trinajstić information content (AvgIpc) is 2.45. The van der Waals surface area contributed by atoms with Gasteiger partial charge in [0, 0.05) is 11.1 Å². The second-order valence-electron chi connectivity index (χ2n) is 4.78. The number of halogens is 4. The molecule has 0 aliphatic heterocycles. The highest BCUT2D eigenvalue weighted by Crippen LogP contribution is 2.29. The van der Waals surface area contributed by atoms with E-state index in [1.807, 2.05) is 12.1 Å². The van der Waals surface area contributed by atoms with Gasteiger partial charge in [-0.15, -0.1) is 0 Å². The maximum atomic E-state index is 13.9. The van der Waals surface area contributed by atoms with Gasteiger partial charge in [-0.1, -0.05) is 37.1 Å². The second-order valence-corrected chi connectivity index (χ2v) is 6.07. The van der Waals surface area contributed by atoms with E-state index >= 15 is 0 Å². The molecule has 0 bridgehead atoms. The van der Waals surface area contributed by atoms with Crippen molar-refractivity contribution >= 4 is 33.2 Å². The highest BCUT2D eigenvalue weighted by molar-refractivity contribution is 9.10. The van der Waals surface area contributed by atoms with E-state index in [1.54, 1.807) is 12.1 Å². The molecule has 1 nitrogen and oxygen atoms in total. The standard InChI is InChI=1S/C16H15BrClF2N/c1-2-3-15(10-4-6-11(18)7-5-10)21-16-8-12(17)13(19)9-14(16)20/h4-9,15,21H,2-3H2,1H3. The predicted octanol–water partition coefficient (Wildman–Crippen LogP) is 6.33. The third-order valence-electron chi connectivity index (χ3n) is 3.19. The van der Waals surface area contributed by atoms with E-state index in [-0.39, 0.29) is 16.2 Å². The molecule has 5 heteroatoms. The molecule has 112 valence electrons. The summed E-state index contributed by atoms with van der Waals surface area (Å²) in [6.45, 7) is 2.06. The molecule has 0 aliphatic carbocycles. The summed E-state index contributed by atoms with van der Waals surface area (Å²) in [4.78, 5) is 0. The predicted molar refractivity (Wildman–Crippen MR) is 86.8 cm³/mol. The van der Waals surface area contributed by atoms with Crippen LogP contribution in [0.1, 0.15) is 31.4 Å². The first-order chi connectivity index (χ1) is 10.0. The van der Waals surface area contributed by atoms with Crippen molar-refractivity contribution in [2.24, 2.45) is 0 Å². The molecule has 0 saturated carbocycles. The fourth-order valence-corrected chi connectivity index (χ4v) is 2.60. The Labute approximate surface area is 136 Å². The van der Waals surface area contributed by atoms with Crippen LogP contribution in [-0.2, 0) is 0 Å². The van der Waals surface area contributed by atoms with E-state index in [4.69, 9.17) is 11.6 Å². The summed E-state index contributed by atoms with van der Waals surface area (Å²) in [6.07, 6.45) is 1.76. The third-order valence-corrected chi connectivity index (χ3v) is 4.05. The summed E-state index contributed by atoms with van der Waals surface area (Å²) in [5.41, 5.74) is 1.29. The number of anilines is 1. The van der Waals surface area contributed by atoms with Gasteiger partial charge in [-0.2, -0.15) is 0 Å². The third kappa shape index (κ3) is 4.17. The van der Waals surface area contributed by atoms with Crippen LogP contribution < -0.4 is 5.32 Å². The Morgan fingerprint density at radius 2 is 1.81 bits per heavy atom. The van der Waals surface area contributed by atoms with Crippen molar-refractivity contribution in [3.8, 4) is 0 Å². The summed E-state index contributed by atoms with van der Waals surface area (Å²) in [7, 11) is 0. The summed E-state index contributed by atoms with van der Waals surface area (Å²) in [5.74, 6) is -1.22. The van der Waals surface area contributed by atoms with Gasteiger partial charge in [0.1, 0.15) is 11.6 Å². The summed E-state index contributed by atoms with van der Waals surface area (Å²) < 4.78 is 27.4. The SMILES string of the molecule is CCCC(Nc1cc(Br)c(F)cc1F)c1ccc(Cl)cc1. The minimum Gasteiger partial charge on any atom is -0.376 e. The van der Waals surface area contributed by atoms with Gasteiger partial charge in [-0.3, -0.25) is 0 Å². The van der Waals surface area contributed by atoms with Crippen molar-refractivity contribution < 1.29 is 8.78 Å². The van der Waals surface area contributed by atoms with Gasteiger partial charge in [0.15, 0.2) is 0 Å². The molecular weight excluding hydrogens is 360 g/mol. The van der Waals surface area contributed by atoms with E-state index in [2.05, 4.69) is 28.2 Å². The zero-order valence-corrected chi connectivity index (χ0v) is 13.8. The molecule has 2 rings (SSSR count). The van der Waals surface area contributed by atoms with Crippen LogP contribution >= 0.6 is 27.5 Å². The molecule has 2 aromatic rings. The Morgan fingerprint density at radius 1 is 1.14 bits per heavy atom. The summed E-state index contributed by atoms with van der Waals surface area (Å²) in [6, 6.07) is 9.66. The van der Waals surface area contributed by atoms with E-state index in [0.717, 1.165) is 24.5 Å². The first-order valence-corrected chi connectivity index (χ1v) is 7.85. The maximum Gasteiger partial charge on any atom is 0.149 e. The van der Waals surface area contributed by atoms with E-state index in [9.17, 15) is 8.78 Å². The van der Waals surface area contributed by atoms with Gasteiger partial charge in [-0.25, -0.2) is 8.78 Å². The van der Waals surface area contributed by atoms with Crippen LogP contribution in [0, 0.1) is 11.6 Å². The van der Waals surface area contributed by atoms with E-state index in [1.165, 1.54) is 6.07 Å². The monoisotopic (exact) mass is 373 g/mol. The van der Waals surface area contributed by atoms with Crippen LogP contribution in [0.3, 0.4) is 0 Å². The van der Waals surface area contributed by atoms with E-state index < -0.39 is 11.6 Å². The molecular formula is C16H15BrClF2N. The van der Waals surface area contributed by atoms with Crippen molar-refractivity contribution in [1.82, 2.24) is 0 Å².